The van der Waals surface area contributed by atoms with Gasteiger partial charge in [0.1, 0.15) is 0 Å². The molecule has 1 heterocycles. The minimum absolute atomic E-state index is 0.284. The number of carbonyl (C=O) groups excluding carboxylic acids is 1. The van der Waals surface area contributed by atoms with Crippen LogP contribution in [0.3, 0.4) is 0 Å². The SMILES string of the molecule is CC(C1CC1)N(C(=O)C1CNC1)C1CC1. The lowest BCUT2D eigenvalue weighted by molar-refractivity contribution is -0.140. The fourth-order valence-electron chi connectivity index (χ4n) is 2.55. The van der Waals surface area contributed by atoms with Crippen LogP contribution < -0.4 is 5.32 Å². The highest BCUT2D eigenvalue weighted by atomic mass is 16.2. The Balaban J connectivity index is 1.68. The molecule has 2 aliphatic carbocycles. The molecule has 3 heteroatoms. The average molecular weight is 208 g/mol. The van der Waals surface area contributed by atoms with Crippen LogP contribution in [-0.2, 0) is 4.79 Å². The lowest BCUT2D eigenvalue weighted by atomic mass is 10.00. The minimum atomic E-state index is 0.284. The summed E-state index contributed by atoms with van der Waals surface area (Å²) in [6, 6.07) is 1.10. The Morgan fingerprint density at radius 2 is 1.93 bits per heavy atom. The lowest BCUT2D eigenvalue weighted by Gasteiger charge is -2.36. The average Bonchev–Trinajstić information content (AvgIpc) is 2.97. The lowest BCUT2D eigenvalue weighted by Crippen LogP contribution is -2.55. The molecule has 3 fully saturated rings. The molecule has 0 radical (unpaired) electrons. The van der Waals surface area contributed by atoms with Crippen molar-refractivity contribution in [2.24, 2.45) is 11.8 Å². The standard InChI is InChI=1S/C12H20N2O/c1-8(9-2-3-9)14(11-4-5-11)12(15)10-6-13-7-10/h8-11,13H,2-7H2,1H3. The summed E-state index contributed by atoms with van der Waals surface area (Å²) in [5.74, 6) is 1.52. The molecule has 3 nitrogen and oxygen atoms in total. The highest BCUT2D eigenvalue weighted by molar-refractivity contribution is 5.81. The Labute approximate surface area is 91.2 Å². The molecule has 0 aromatic rings. The van der Waals surface area contributed by atoms with Crippen molar-refractivity contribution in [1.29, 1.82) is 0 Å². The number of amides is 1. The Kier molecular flexibility index (Phi) is 2.23. The molecular weight excluding hydrogens is 188 g/mol. The summed E-state index contributed by atoms with van der Waals surface area (Å²) in [4.78, 5) is 14.5. The van der Waals surface area contributed by atoms with E-state index in [-0.39, 0.29) is 5.92 Å². The summed E-state index contributed by atoms with van der Waals surface area (Å²) < 4.78 is 0. The van der Waals surface area contributed by atoms with Crippen molar-refractivity contribution in [2.45, 2.75) is 44.7 Å². The molecule has 84 valence electrons. The predicted octanol–water partition coefficient (Wildman–Crippen LogP) is 0.995. The van der Waals surface area contributed by atoms with Gasteiger partial charge < -0.3 is 10.2 Å². The van der Waals surface area contributed by atoms with E-state index in [0.29, 0.717) is 18.0 Å². The molecule has 1 unspecified atom stereocenters. The topological polar surface area (TPSA) is 32.3 Å². The first kappa shape index (κ1) is 9.64. The van der Waals surface area contributed by atoms with Crippen LogP contribution in [-0.4, -0.2) is 36.0 Å². The number of nitrogens with zero attached hydrogens (tertiary/aromatic N) is 1. The van der Waals surface area contributed by atoms with Gasteiger partial charge in [-0.3, -0.25) is 4.79 Å². The molecular formula is C12H20N2O. The first-order valence-electron chi connectivity index (χ1n) is 6.30. The van der Waals surface area contributed by atoms with Gasteiger partial charge in [0.05, 0.1) is 5.92 Å². The molecule has 15 heavy (non-hydrogen) atoms. The molecule has 0 aromatic carbocycles. The van der Waals surface area contributed by atoms with Crippen molar-refractivity contribution in [3.8, 4) is 0 Å². The zero-order valence-electron chi connectivity index (χ0n) is 9.41. The smallest absolute Gasteiger partial charge is 0.228 e. The van der Waals surface area contributed by atoms with Crippen LogP contribution >= 0.6 is 0 Å². The second-order valence-corrected chi connectivity index (χ2v) is 5.41. The maximum Gasteiger partial charge on any atom is 0.228 e. The van der Waals surface area contributed by atoms with E-state index in [1.165, 1.54) is 25.7 Å². The molecule has 1 saturated heterocycles. The van der Waals surface area contributed by atoms with Crippen LogP contribution in [0.4, 0.5) is 0 Å². The van der Waals surface area contributed by atoms with Gasteiger partial charge in [-0.1, -0.05) is 0 Å². The molecule has 3 aliphatic rings. The summed E-state index contributed by atoms with van der Waals surface area (Å²) in [7, 11) is 0. The maximum atomic E-state index is 12.3. The van der Waals surface area contributed by atoms with Gasteiger partial charge in [0.15, 0.2) is 0 Å². The summed E-state index contributed by atoms with van der Waals surface area (Å²) in [6.45, 7) is 4.05. The summed E-state index contributed by atoms with van der Waals surface area (Å²) in [5, 5.41) is 3.19. The fraction of sp³-hybridized carbons (Fsp3) is 0.917. The van der Waals surface area contributed by atoms with Gasteiger partial charge in [0.2, 0.25) is 5.91 Å². The zero-order chi connectivity index (χ0) is 10.4. The van der Waals surface area contributed by atoms with Gasteiger partial charge in [0, 0.05) is 25.2 Å². The third kappa shape index (κ3) is 1.78. The number of hydrogen-bond acceptors (Lipinski definition) is 2. The molecule has 0 aromatic heterocycles. The largest absolute Gasteiger partial charge is 0.336 e. The van der Waals surface area contributed by atoms with Crippen LogP contribution in [0, 0.1) is 11.8 Å². The van der Waals surface area contributed by atoms with Crippen molar-refractivity contribution < 1.29 is 4.79 Å². The highest BCUT2D eigenvalue weighted by Crippen LogP contribution is 2.40. The molecule has 1 amide bonds. The number of hydrogen-bond donors (Lipinski definition) is 1. The number of carbonyl (C=O) groups is 1. The van der Waals surface area contributed by atoms with E-state index in [1.807, 2.05) is 0 Å². The van der Waals surface area contributed by atoms with E-state index in [0.717, 1.165) is 19.0 Å². The van der Waals surface area contributed by atoms with Crippen molar-refractivity contribution in [2.75, 3.05) is 13.1 Å². The number of nitrogens with one attached hydrogen (secondary N) is 1. The van der Waals surface area contributed by atoms with E-state index in [1.54, 1.807) is 0 Å². The third-order valence-corrected chi connectivity index (χ3v) is 4.07. The normalized spacial score (nSPS) is 28.3. The van der Waals surface area contributed by atoms with Crippen LogP contribution in [0.25, 0.3) is 0 Å². The van der Waals surface area contributed by atoms with Gasteiger partial charge in [0.25, 0.3) is 0 Å². The minimum Gasteiger partial charge on any atom is -0.336 e. The zero-order valence-corrected chi connectivity index (χ0v) is 9.41. The van der Waals surface area contributed by atoms with Gasteiger partial charge >= 0.3 is 0 Å². The highest BCUT2D eigenvalue weighted by Gasteiger charge is 2.44. The first-order valence-corrected chi connectivity index (χ1v) is 6.30. The van der Waals surface area contributed by atoms with Crippen molar-refractivity contribution in [3.63, 3.8) is 0 Å². The molecule has 2 saturated carbocycles. The molecule has 0 spiro atoms. The quantitative estimate of drug-likeness (QED) is 0.747. The molecule has 1 atom stereocenters. The Hall–Kier alpha value is -0.570. The second kappa shape index (κ2) is 3.48. The van der Waals surface area contributed by atoms with E-state index < -0.39 is 0 Å². The first-order chi connectivity index (χ1) is 7.27. The van der Waals surface area contributed by atoms with Crippen LogP contribution in [0.15, 0.2) is 0 Å². The maximum absolute atomic E-state index is 12.3. The van der Waals surface area contributed by atoms with E-state index in [9.17, 15) is 4.79 Å². The Morgan fingerprint density at radius 1 is 1.27 bits per heavy atom. The monoisotopic (exact) mass is 208 g/mol. The van der Waals surface area contributed by atoms with E-state index in [4.69, 9.17) is 0 Å². The molecule has 1 aliphatic heterocycles. The van der Waals surface area contributed by atoms with Gasteiger partial charge in [-0.05, 0) is 38.5 Å². The fourth-order valence-corrected chi connectivity index (χ4v) is 2.55. The molecule has 0 bridgehead atoms. The summed E-state index contributed by atoms with van der Waals surface area (Å²) in [5.41, 5.74) is 0. The number of rotatable bonds is 4. The van der Waals surface area contributed by atoms with Gasteiger partial charge in [-0.25, -0.2) is 0 Å². The Morgan fingerprint density at radius 3 is 2.33 bits per heavy atom. The van der Waals surface area contributed by atoms with E-state index >= 15 is 0 Å². The van der Waals surface area contributed by atoms with E-state index in [2.05, 4.69) is 17.1 Å². The van der Waals surface area contributed by atoms with Gasteiger partial charge in [-0.2, -0.15) is 0 Å². The molecule has 1 N–H and O–H groups in total. The summed E-state index contributed by atoms with van der Waals surface area (Å²) in [6.07, 6.45) is 5.15. The van der Waals surface area contributed by atoms with Crippen molar-refractivity contribution in [3.05, 3.63) is 0 Å². The third-order valence-electron chi connectivity index (χ3n) is 4.07. The van der Waals surface area contributed by atoms with Crippen molar-refractivity contribution in [1.82, 2.24) is 10.2 Å². The van der Waals surface area contributed by atoms with Crippen LogP contribution in [0.2, 0.25) is 0 Å². The predicted molar refractivity (Wildman–Crippen MR) is 58.4 cm³/mol. The molecule has 3 rings (SSSR count). The Bertz CT molecular complexity index is 267. The van der Waals surface area contributed by atoms with Crippen LogP contribution in [0.5, 0.6) is 0 Å². The van der Waals surface area contributed by atoms with Crippen LogP contribution in [0.1, 0.15) is 32.6 Å². The van der Waals surface area contributed by atoms with Gasteiger partial charge in [-0.15, -0.1) is 0 Å². The summed E-state index contributed by atoms with van der Waals surface area (Å²) >= 11 is 0. The van der Waals surface area contributed by atoms with Crippen molar-refractivity contribution >= 4 is 5.91 Å². The second-order valence-electron chi connectivity index (χ2n) is 5.41.